The molecule has 2 N–H and O–H groups in total. The molecule has 1 aliphatic carbocycles. The summed E-state index contributed by atoms with van der Waals surface area (Å²) in [6.45, 7) is 0.239. The molecule has 0 heterocycles. The third kappa shape index (κ3) is 7.14. The second kappa shape index (κ2) is 12.5. The van der Waals surface area contributed by atoms with Gasteiger partial charge in [-0.25, -0.2) is 4.39 Å². The van der Waals surface area contributed by atoms with Crippen molar-refractivity contribution in [3.8, 4) is 6.07 Å². The van der Waals surface area contributed by atoms with Gasteiger partial charge in [-0.05, 0) is 43.2 Å². The van der Waals surface area contributed by atoms with E-state index in [1.54, 1.807) is 24.3 Å². The summed E-state index contributed by atoms with van der Waals surface area (Å²) in [5, 5.41) is 14.2. The maximum absolute atomic E-state index is 14.2. The van der Waals surface area contributed by atoms with E-state index >= 15 is 0 Å². The van der Waals surface area contributed by atoms with Crippen LogP contribution in [0.25, 0.3) is 0 Å². The predicted octanol–water partition coefficient (Wildman–Crippen LogP) is 5.01. The molecule has 2 aromatic rings. The monoisotopic (exact) mass is 464 g/mol. The van der Waals surface area contributed by atoms with Gasteiger partial charge in [0.15, 0.2) is 0 Å². The second-order valence-electron chi connectivity index (χ2n) is 8.36. The van der Waals surface area contributed by atoms with Gasteiger partial charge in [-0.1, -0.05) is 37.5 Å². The largest absolute Gasteiger partial charge is 0.326 e. The Kier molecular flexibility index (Phi) is 9.15. The minimum absolute atomic E-state index is 0.0243. The molecule has 0 saturated heterocycles. The van der Waals surface area contributed by atoms with Gasteiger partial charge >= 0.3 is 0 Å². The quantitative estimate of drug-likeness (QED) is 0.544. The maximum atomic E-state index is 14.2. The fourth-order valence-electron chi connectivity index (χ4n) is 4.04. The van der Waals surface area contributed by atoms with Gasteiger partial charge in [0.2, 0.25) is 17.7 Å². The van der Waals surface area contributed by atoms with Gasteiger partial charge in [-0.15, -0.1) is 0 Å². The molecule has 3 rings (SSSR count). The summed E-state index contributed by atoms with van der Waals surface area (Å²) >= 11 is 0. The first-order chi connectivity index (χ1) is 16.5. The molecule has 0 radical (unpaired) electrons. The molecule has 0 aliphatic heterocycles. The Morgan fingerprint density at radius 1 is 1.00 bits per heavy atom. The Hall–Kier alpha value is -3.73. The molecule has 0 bridgehead atoms. The lowest BCUT2D eigenvalue weighted by Gasteiger charge is -2.22. The number of anilines is 3. The van der Waals surface area contributed by atoms with Crippen LogP contribution in [0.2, 0.25) is 0 Å². The van der Waals surface area contributed by atoms with E-state index in [2.05, 4.69) is 10.6 Å². The number of hydrogen-bond acceptors (Lipinski definition) is 4. The highest BCUT2D eigenvalue weighted by molar-refractivity contribution is 5.99. The first-order valence-corrected chi connectivity index (χ1v) is 11.6. The van der Waals surface area contributed by atoms with Crippen LogP contribution in [-0.4, -0.2) is 24.3 Å². The van der Waals surface area contributed by atoms with E-state index in [1.807, 2.05) is 12.1 Å². The lowest BCUT2D eigenvalue weighted by atomic mass is 9.88. The van der Waals surface area contributed by atoms with Crippen LogP contribution in [0.1, 0.15) is 51.4 Å². The second-order valence-corrected chi connectivity index (χ2v) is 8.36. The van der Waals surface area contributed by atoms with Crippen molar-refractivity contribution >= 4 is 34.8 Å². The first-order valence-electron chi connectivity index (χ1n) is 11.6. The molecule has 0 aromatic heterocycles. The van der Waals surface area contributed by atoms with E-state index in [0.29, 0.717) is 11.4 Å². The van der Waals surface area contributed by atoms with Crippen LogP contribution >= 0.6 is 0 Å². The van der Waals surface area contributed by atoms with Crippen LogP contribution in [0.5, 0.6) is 0 Å². The molecule has 3 amide bonds. The van der Waals surface area contributed by atoms with Crippen LogP contribution in [0.15, 0.2) is 48.5 Å². The smallest absolute Gasteiger partial charge is 0.227 e. The summed E-state index contributed by atoms with van der Waals surface area (Å²) in [5.41, 5.74) is 1.03. The number of carbonyl (C=O) groups is 3. The molecule has 178 valence electrons. The third-order valence-electron chi connectivity index (χ3n) is 5.87. The zero-order chi connectivity index (χ0) is 24.3. The molecule has 1 fully saturated rings. The number of nitrogens with zero attached hydrogens (tertiary/aromatic N) is 2. The number of hydrogen-bond donors (Lipinski definition) is 2. The minimum Gasteiger partial charge on any atom is -0.326 e. The molecule has 7 nitrogen and oxygen atoms in total. The van der Waals surface area contributed by atoms with Crippen molar-refractivity contribution in [1.82, 2.24) is 0 Å². The van der Waals surface area contributed by atoms with E-state index in [9.17, 15) is 18.8 Å². The van der Waals surface area contributed by atoms with Crippen molar-refractivity contribution in [1.29, 1.82) is 5.26 Å². The van der Waals surface area contributed by atoms with Crippen molar-refractivity contribution < 1.29 is 18.8 Å². The van der Waals surface area contributed by atoms with Gasteiger partial charge in [0.05, 0.1) is 18.2 Å². The van der Waals surface area contributed by atoms with Gasteiger partial charge in [0.1, 0.15) is 5.82 Å². The Bertz CT molecular complexity index is 1050. The number of para-hydroxylation sites is 1. The number of rotatable bonds is 9. The lowest BCUT2D eigenvalue weighted by Crippen LogP contribution is -2.32. The third-order valence-corrected chi connectivity index (χ3v) is 5.87. The van der Waals surface area contributed by atoms with Gasteiger partial charge in [0.25, 0.3) is 0 Å². The molecule has 2 aromatic carbocycles. The predicted molar refractivity (Wildman–Crippen MR) is 128 cm³/mol. The van der Waals surface area contributed by atoms with E-state index in [-0.39, 0.29) is 49.2 Å². The average molecular weight is 465 g/mol. The minimum atomic E-state index is -0.576. The Morgan fingerprint density at radius 3 is 2.44 bits per heavy atom. The summed E-state index contributed by atoms with van der Waals surface area (Å²) in [4.78, 5) is 39.1. The number of carbonyl (C=O) groups excluding carboxylic acids is 3. The van der Waals surface area contributed by atoms with E-state index < -0.39 is 11.7 Å². The molecule has 1 saturated carbocycles. The highest BCUT2D eigenvalue weighted by atomic mass is 19.1. The van der Waals surface area contributed by atoms with E-state index in [4.69, 9.17) is 5.26 Å². The molecule has 8 heteroatoms. The summed E-state index contributed by atoms with van der Waals surface area (Å²) in [6.07, 6.45) is 4.76. The topological polar surface area (TPSA) is 102 Å². The van der Waals surface area contributed by atoms with Gasteiger partial charge in [0, 0.05) is 36.7 Å². The number of halogens is 1. The maximum Gasteiger partial charge on any atom is 0.227 e. The number of amides is 3. The van der Waals surface area contributed by atoms with Crippen molar-refractivity contribution in [2.75, 3.05) is 22.1 Å². The van der Waals surface area contributed by atoms with Gasteiger partial charge < -0.3 is 15.5 Å². The normalized spacial score (nSPS) is 13.5. The van der Waals surface area contributed by atoms with Crippen molar-refractivity contribution in [2.45, 2.75) is 51.4 Å². The zero-order valence-electron chi connectivity index (χ0n) is 19.1. The summed E-state index contributed by atoms with van der Waals surface area (Å²) in [6, 6.07) is 15.0. The van der Waals surface area contributed by atoms with Crippen LogP contribution in [0.3, 0.4) is 0 Å². The Morgan fingerprint density at radius 2 is 1.74 bits per heavy atom. The van der Waals surface area contributed by atoms with Crippen LogP contribution in [0.4, 0.5) is 21.5 Å². The molecule has 0 atom stereocenters. The van der Waals surface area contributed by atoms with Gasteiger partial charge in [-0.2, -0.15) is 5.26 Å². The van der Waals surface area contributed by atoms with E-state index in [1.165, 1.54) is 23.1 Å². The zero-order valence-corrected chi connectivity index (χ0v) is 19.1. The van der Waals surface area contributed by atoms with Crippen LogP contribution in [-0.2, 0) is 14.4 Å². The fraction of sp³-hybridized carbons (Fsp3) is 0.385. The first kappa shape index (κ1) is 24.9. The van der Waals surface area contributed by atoms with Crippen LogP contribution in [0, 0.1) is 23.1 Å². The van der Waals surface area contributed by atoms with Crippen LogP contribution < -0.4 is 15.5 Å². The standard InChI is InChI=1S/C26H29FN4O3/c27-22-13-12-20(18-23(22)30-26(34)19-8-3-1-4-9-19)29-24(32)14-15-25(33)31(17-7-16-28)21-10-5-2-6-11-21/h2,5-6,10-13,18-19H,1,3-4,7-9,14-15,17H2,(H,29,32)(H,30,34). The summed E-state index contributed by atoms with van der Waals surface area (Å²) in [7, 11) is 0. The lowest BCUT2D eigenvalue weighted by molar-refractivity contribution is -0.122. The average Bonchev–Trinajstić information content (AvgIpc) is 2.86. The molecule has 1 aliphatic rings. The van der Waals surface area contributed by atoms with Crippen molar-refractivity contribution in [2.24, 2.45) is 5.92 Å². The van der Waals surface area contributed by atoms with Crippen molar-refractivity contribution in [3.05, 3.63) is 54.3 Å². The number of benzene rings is 2. The fourth-order valence-corrected chi connectivity index (χ4v) is 4.04. The highest BCUT2D eigenvalue weighted by Gasteiger charge is 2.22. The number of nitrogens with one attached hydrogen (secondary N) is 2. The molecular weight excluding hydrogens is 435 g/mol. The highest BCUT2D eigenvalue weighted by Crippen LogP contribution is 2.26. The number of nitriles is 1. The Balaban J connectivity index is 1.56. The molecule has 0 spiro atoms. The molecule has 34 heavy (non-hydrogen) atoms. The molecular formula is C26H29FN4O3. The SMILES string of the molecule is N#CCCN(C(=O)CCC(=O)Nc1ccc(F)c(NC(=O)C2CCCCC2)c1)c1ccccc1. The van der Waals surface area contributed by atoms with Gasteiger partial charge in [-0.3, -0.25) is 14.4 Å². The van der Waals surface area contributed by atoms with Crippen molar-refractivity contribution in [3.63, 3.8) is 0 Å². The molecule has 0 unspecified atom stereocenters. The summed E-state index contributed by atoms with van der Waals surface area (Å²) in [5.74, 6) is -1.57. The summed E-state index contributed by atoms with van der Waals surface area (Å²) < 4.78 is 14.2. The van der Waals surface area contributed by atoms with E-state index in [0.717, 1.165) is 32.1 Å². The Labute approximate surface area is 198 Å².